The fourth-order valence-electron chi connectivity index (χ4n) is 6.03. The van der Waals surface area contributed by atoms with Crippen LogP contribution in [0.3, 0.4) is 0 Å². The van der Waals surface area contributed by atoms with E-state index in [1.807, 2.05) is 6.92 Å². The van der Waals surface area contributed by atoms with Crippen LogP contribution in [-0.2, 0) is 6.42 Å². The average Bonchev–Trinajstić information content (AvgIpc) is 3.30. The lowest BCUT2D eigenvalue weighted by molar-refractivity contribution is 0.0123. The molecule has 4 nitrogen and oxygen atoms in total. The molecule has 4 heteroatoms. The summed E-state index contributed by atoms with van der Waals surface area (Å²) in [5.41, 5.74) is 9.11. The van der Waals surface area contributed by atoms with Crippen molar-refractivity contribution in [3.63, 3.8) is 0 Å². The molecule has 1 atom stereocenters. The van der Waals surface area contributed by atoms with Gasteiger partial charge in [0.05, 0.1) is 13.2 Å². The number of rotatable bonds is 10. The lowest BCUT2D eigenvalue weighted by atomic mass is 9.89. The molecule has 0 unspecified atom stereocenters. The van der Waals surface area contributed by atoms with E-state index < -0.39 is 0 Å². The summed E-state index contributed by atoms with van der Waals surface area (Å²) in [5, 5.41) is 0. The van der Waals surface area contributed by atoms with Gasteiger partial charge in [0.15, 0.2) is 0 Å². The first-order valence-corrected chi connectivity index (χ1v) is 14.3. The number of benzene rings is 3. The summed E-state index contributed by atoms with van der Waals surface area (Å²) in [5.74, 6) is 2.81. The third-order valence-electron chi connectivity index (χ3n) is 8.51. The Kier molecular flexibility index (Phi) is 7.72. The van der Waals surface area contributed by atoms with E-state index >= 15 is 0 Å². The maximum absolute atomic E-state index is 6.62. The Bertz CT molecular complexity index is 1300. The molecule has 0 aromatic heterocycles. The second kappa shape index (κ2) is 11.0. The van der Waals surface area contributed by atoms with E-state index in [-0.39, 0.29) is 6.10 Å². The highest BCUT2D eigenvalue weighted by Gasteiger charge is 2.34. The molecule has 5 rings (SSSR count). The predicted molar refractivity (Wildman–Crippen MR) is 156 cm³/mol. The summed E-state index contributed by atoms with van der Waals surface area (Å²) in [6, 6.07) is 17.3. The van der Waals surface area contributed by atoms with Crippen molar-refractivity contribution in [3.05, 3.63) is 76.3 Å². The van der Waals surface area contributed by atoms with Gasteiger partial charge >= 0.3 is 0 Å². The molecular formula is C34H43NO3. The molecule has 3 aromatic rings. The van der Waals surface area contributed by atoms with Crippen molar-refractivity contribution in [2.24, 2.45) is 0 Å². The molecule has 202 valence electrons. The van der Waals surface area contributed by atoms with E-state index in [0.29, 0.717) is 12.1 Å². The molecule has 38 heavy (non-hydrogen) atoms. The zero-order chi connectivity index (χ0) is 26.9. The topological polar surface area (TPSA) is 30.9 Å². The molecule has 1 heterocycles. The highest BCUT2D eigenvalue weighted by Crippen LogP contribution is 2.43. The third-order valence-corrected chi connectivity index (χ3v) is 8.51. The Balaban J connectivity index is 1.32. The highest BCUT2D eigenvalue weighted by atomic mass is 16.5. The van der Waals surface area contributed by atoms with Crippen LogP contribution >= 0.6 is 0 Å². The van der Waals surface area contributed by atoms with E-state index in [4.69, 9.17) is 14.2 Å². The zero-order valence-corrected chi connectivity index (χ0v) is 24.0. The summed E-state index contributed by atoms with van der Waals surface area (Å²) in [6.45, 7) is 16.8. The van der Waals surface area contributed by atoms with Crippen molar-refractivity contribution in [2.45, 2.75) is 78.9 Å². The molecule has 1 fully saturated rings. The van der Waals surface area contributed by atoms with E-state index in [1.165, 1.54) is 40.8 Å². The lowest BCUT2D eigenvalue weighted by Gasteiger charge is -2.48. The summed E-state index contributed by atoms with van der Waals surface area (Å²) >= 11 is 0. The van der Waals surface area contributed by atoms with Crippen molar-refractivity contribution < 1.29 is 14.2 Å². The maximum Gasteiger partial charge on any atom is 0.126 e. The van der Waals surface area contributed by atoms with Crippen molar-refractivity contribution in [1.29, 1.82) is 0 Å². The molecule has 1 aliphatic heterocycles. The van der Waals surface area contributed by atoms with E-state index in [0.717, 1.165) is 60.8 Å². The van der Waals surface area contributed by atoms with E-state index in [1.54, 1.807) is 0 Å². The summed E-state index contributed by atoms with van der Waals surface area (Å²) in [4.78, 5) is 2.56. The van der Waals surface area contributed by atoms with Gasteiger partial charge in [0, 0.05) is 24.7 Å². The number of hydrogen-bond donors (Lipinski definition) is 0. The Morgan fingerprint density at radius 2 is 1.66 bits per heavy atom. The minimum atomic E-state index is 0.0475. The van der Waals surface area contributed by atoms with Gasteiger partial charge in [-0.1, -0.05) is 30.3 Å². The standard InChI is InChI=1S/C34H43NO3/c1-7-36-32-22-33(24(3)21-23(32)2)38-31-16-15-28-27(12-8-13-29(28)31)26-11-9-14-30(25(26)4)37-20-10-18-35-19-17-34(35,5)6/h8-9,11-14,21-22,31H,7,10,15-20H2,1-6H3/t31-/m0/s1. The van der Waals surface area contributed by atoms with Gasteiger partial charge in [-0.05, 0) is 118 Å². The van der Waals surface area contributed by atoms with Crippen LogP contribution in [0, 0.1) is 20.8 Å². The normalized spacial score (nSPS) is 18.1. The molecule has 1 saturated heterocycles. The van der Waals surface area contributed by atoms with Gasteiger partial charge in [-0.25, -0.2) is 0 Å². The Morgan fingerprint density at radius 1 is 0.895 bits per heavy atom. The molecule has 1 aliphatic carbocycles. The predicted octanol–water partition coefficient (Wildman–Crippen LogP) is 8.00. The van der Waals surface area contributed by atoms with E-state index in [2.05, 4.69) is 88.0 Å². The van der Waals surface area contributed by atoms with Crippen LogP contribution in [0.1, 0.15) is 74.0 Å². The Morgan fingerprint density at radius 3 is 2.39 bits per heavy atom. The second-order valence-corrected chi connectivity index (χ2v) is 11.5. The van der Waals surface area contributed by atoms with Crippen LogP contribution in [0.2, 0.25) is 0 Å². The minimum Gasteiger partial charge on any atom is -0.493 e. The number of likely N-dealkylation sites (tertiary alicyclic amines) is 1. The van der Waals surface area contributed by atoms with Crippen molar-refractivity contribution in [3.8, 4) is 28.4 Å². The largest absolute Gasteiger partial charge is 0.493 e. The van der Waals surface area contributed by atoms with Gasteiger partial charge in [0.2, 0.25) is 0 Å². The highest BCUT2D eigenvalue weighted by molar-refractivity contribution is 5.74. The Labute approximate surface area is 228 Å². The molecule has 3 aromatic carbocycles. The SMILES string of the molecule is CCOc1cc(O[C@H]2CCc3c(-c4cccc(OCCCN5CCC5(C)C)c4C)cccc32)c(C)cc1C. The number of fused-ring (bicyclic) bond motifs is 1. The number of nitrogens with zero attached hydrogens (tertiary/aromatic N) is 1. The average molecular weight is 514 g/mol. The molecule has 0 spiro atoms. The summed E-state index contributed by atoms with van der Waals surface area (Å²) in [6.07, 6.45) is 4.38. The van der Waals surface area contributed by atoms with Gasteiger partial charge in [-0.3, -0.25) is 4.90 Å². The first-order valence-electron chi connectivity index (χ1n) is 14.3. The third kappa shape index (κ3) is 5.29. The molecule has 0 bridgehead atoms. The Hall–Kier alpha value is -2.98. The minimum absolute atomic E-state index is 0.0475. The molecular weight excluding hydrogens is 470 g/mol. The number of hydrogen-bond acceptors (Lipinski definition) is 4. The van der Waals surface area contributed by atoms with Gasteiger partial charge in [-0.15, -0.1) is 0 Å². The van der Waals surface area contributed by atoms with Crippen LogP contribution in [0.4, 0.5) is 0 Å². The summed E-state index contributed by atoms with van der Waals surface area (Å²) in [7, 11) is 0. The number of aryl methyl sites for hydroxylation is 2. The van der Waals surface area contributed by atoms with Crippen molar-refractivity contribution in [1.82, 2.24) is 4.90 Å². The fourth-order valence-corrected chi connectivity index (χ4v) is 6.03. The quantitative estimate of drug-likeness (QED) is 0.257. The monoisotopic (exact) mass is 513 g/mol. The first-order chi connectivity index (χ1) is 18.3. The van der Waals surface area contributed by atoms with Gasteiger partial charge in [0.1, 0.15) is 23.4 Å². The van der Waals surface area contributed by atoms with Gasteiger partial charge in [-0.2, -0.15) is 0 Å². The smallest absolute Gasteiger partial charge is 0.126 e. The molecule has 0 radical (unpaired) electrons. The lowest BCUT2D eigenvalue weighted by Crippen LogP contribution is -2.55. The van der Waals surface area contributed by atoms with Gasteiger partial charge in [0.25, 0.3) is 0 Å². The van der Waals surface area contributed by atoms with Crippen LogP contribution in [-0.4, -0.2) is 36.7 Å². The van der Waals surface area contributed by atoms with E-state index in [9.17, 15) is 0 Å². The van der Waals surface area contributed by atoms with Gasteiger partial charge < -0.3 is 14.2 Å². The fraction of sp³-hybridized carbons (Fsp3) is 0.471. The molecule has 2 aliphatic rings. The maximum atomic E-state index is 6.62. The molecule has 0 amide bonds. The van der Waals surface area contributed by atoms with Crippen LogP contribution in [0.25, 0.3) is 11.1 Å². The van der Waals surface area contributed by atoms with Crippen LogP contribution < -0.4 is 14.2 Å². The first kappa shape index (κ1) is 26.6. The van der Waals surface area contributed by atoms with Crippen LogP contribution in [0.5, 0.6) is 17.2 Å². The van der Waals surface area contributed by atoms with Crippen molar-refractivity contribution in [2.75, 3.05) is 26.3 Å². The second-order valence-electron chi connectivity index (χ2n) is 11.5. The van der Waals surface area contributed by atoms with Crippen LogP contribution in [0.15, 0.2) is 48.5 Å². The van der Waals surface area contributed by atoms with Crippen molar-refractivity contribution >= 4 is 0 Å². The summed E-state index contributed by atoms with van der Waals surface area (Å²) < 4.78 is 18.8. The molecule has 0 saturated carbocycles. The number of ether oxygens (including phenoxy) is 3. The molecule has 0 N–H and O–H groups in total. The zero-order valence-electron chi connectivity index (χ0n) is 24.0.